The molecule has 4 aromatic heterocycles. The molecule has 0 aromatic carbocycles. The molecular weight excluding hydrogens is 1080 g/mol. The third-order valence-electron chi connectivity index (χ3n) is 12.4. The summed E-state index contributed by atoms with van der Waals surface area (Å²) < 4.78 is 38.2. The van der Waals surface area contributed by atoms with Crippen molar-refractivity contribution in [2.75, 3.05) is 37.2 Å². The fraction of sp³-hybridized carbons (Fsp3) is 0.364. The van der Waals surface area contributed by atoms with Crippen LogP contribution in [0.2, 0.25) is 0 Å². The first-order chi connectivity index (χ1) is 35.8. The molecule has 0 saturated carbocycles. The van der Waals surface area contributed by atoms with Gasteiger partial charge in [-0.15, -0.1) is 46.2 Å². The number of aromatic nitrogens is 4. The highest BCUT2D eigenvalue weighted by Crippen LogP contribution is 2.42. The van der Waals surface area contributed by atoms with E-state index in [2.05, 4.69) is 52.2 Å². The maximum atomic E-state index is 13.0. The van der Waals surface area contributed by atoms with Crippen LogP contribution in [0.15, 0.2) is 80.3 Å². The number of hydrogen-bond acceptors (Lipinski definition) is 22. The Morgan fingerprint density at radius 2 is 1.12 bits per heavy atom. The van der Waals surface area contributed by atoms with Gasteiger partial charge >= 0.3 is 11.9 Å². The molecule has 0 bridgehead atoms. The van der Waals surface area contributed by atoms with Crippen LogP contribution in [0.5, 0.6) is 0 Å². The summed E-state index contributed by atoms with van der Waals surface area (Å²) in [5, 5.41) is 35.3. The van der Waals surface area contributed by atoms with E-state index in [0.29, 0.717) is 35.7 Å². The highest BCUT2D eigenvalue weighted by atomic mass is 32.3. The number of nitrogens with zero attached hydrogens (tertiary/aromatic N) is 8. The van der Waals surface area contributed by atoms with Crippen LogP contribution in [-0.2, 0) is 87.6 Å². The summed E-state index contributed by atoms with van der Waals surface area (Å²) in [6, 6.07) is 6.36. The molecule has 6 aliphatic rings. The molecule has 75 heavy (non-hydrogen) atoms. The largest absolute Gasteiger partial charge is 0.759 e. The number of amides is 4. The summed E-state index contributed by atoms with van der Waals surface area (Å²) in [6.45, 7) is 0.808. The molecule has 8 N–H and O–H groups in total. The second kappa shape index (κ2) is 22.8. The van der Waals surface area contributed by atoms with Gasteiger partial charge in [-0.25, -0.2) is 19.6 Å². The van der Waals surface area contributed by atoms with Crippen molar-refractivity contribution in [2.45, 2.75) is 74.4 Å². The summed E-state index contributed by atoms with van der Waals surface area (Å²) >= 11 is 5.13. The molecule has 4 atom stereocenters. The van der Waals surface area contributed by atoms with Crippen molar-refractivity contribution in [1.29, 1.82) is 0 Å². The number of carbonyl (C=O) groups is 6. The smallest absolute Gasteiger partial charge is 0.352 e. The molecule has 4 aromatic rings. The van der Waals surface area contributed by atoms with Gasteiger partial charge in [0.15, 0.2) is 58.6 Å². The predicted molar refractivity (Wildman–Crippen MR) is 267 cm³/mol. The quantitative estimate of drug-likeness (QED) is 0.0226. The number of fused-ring (bicyclic) bond motifs is 4. The molecule has 2 fully saturated rings. The zero-order valence-corrected chi connectivity index (χ0v) is 43.6. The van der Waals surface area contributed by atoms with Gasteiger partial charge in [0, 0.05) is 79.9 Å². The second-order valence-electron chi connectivity index (χ2n) is 17.0. The molecule has 396 valence electrons. The highest BCUT2D eigenvalue weighted by molar-refractivity contribution is 8.00. The van der Waals surface area contributed by atoms with Crippen LogP contribution in [0.4, 0.5) is 10.3 Å². The highest BCUT2D eigenvalue weighted by Gasteiger charge is 2.56. The van der Waals surface area contributed by atoms with Crippen LogP contribution in [0.1, 0.15) is 46.7 Å². The number of aliphatic carboxylic acids is 2. The van der Waals surface area contributed by atoms with Gasteiger partial charge in [0.05, 0.1) is 0 Å². The lowest BCUT2D eigenvalue weighted by Crippen LogP contribution is -2.71. The van der Waals surface area contributed by atoms with Gasteiger partial charge in [0.1, 0.15) is 59.8 Å². The first kappa shape index (κ1) is 54.2. The summed E-state index contributed by atoms with van der Waals surface area (Å²) in [5.41, 5.74) is 17.8. The number of β-lactam (4-membered cyclic amide) rings is 2. The first-order valence-electron chi connectivity index (χ1n) is 22.5. The summed E-state index contributed by atoms with van der Waals surface area (Å²) in [5.74, 6) is -3.73. The van der Waals surface area contributed by atoms with Crippen molar-refractivity contribution in [3.05, 3.63) is 104 Å². The summed E-state index contributed by atoms with van der Waals surface area (Å²) in [4.78, 5) is 96.5. The van der Waals surface area contributed by atoms with Crippen molar-refractivity contribution < 1.29 is 75.3 Å². The minimum atomic E-state index is -5.17. The van der Waals surface area contributed by atoms with Crippen molar-refractivity contribution in [3.63, 3.8) is 0 Å². The normalized spacial score (nSPS) is 20.7. The number of thioether (sulfide) groups is 2. The van der Waals surface area contributed by atoms with Crippen LogP contribution in [0.25, 0.3) is 0 Å². The number of pyridine rings is 2. The van der Waals surface area contributed by atoms with Crippen LogP contribution in [0, 0.1) is 0 Å². The van der Waals surface area contributed by atoms with E-state index in [1.807, 2.05) is 24.5 Å². The second-order valence-corrected chi connectivity index (χ2v) is 21.8. The number of thiazole rings is 2. The molecule has 4 aliphatic heterocycles. The molecule has 0 radical (unpaired) electrons. The summed E-state index contributed by atoms with van der Waals surface area (Å²) in [7, 11) is -2.58. The van der Waals surface area contributed by atoms with E-state index in [1.54, 1.807) is 10.8 Å². The maximum absolute atomic E-state index is 13.0. The van der Waals surface area contributed by atoms with Crippen LogP contribution in [0.3, 0.4) is 0 Å². The van der Waals surface area contributed by atoms with E-state index >= 15 is 0 Å². The fourth-order valence-electron chi connectivity index (χ4n) is 9.34. The van der Waals surface area contributed by atoms with Crippen molar-refractivity contribution in [1.82, 2.24) is 30.4 Å². The number of nitrogens with two attached hydrogens (primary N) is 2. The minimum Gasteiger partial charge on any atom is -0.759 e. The van der Waals surface area contributed by atoms with E-state index < -0.39 is 68.8 Å². The van der Waals surface area contributed by atoms with Gasteiger partial charge in [-0.2, -0.15) is 9.13 Å². The molecule has 2 saturated heterocycles. The topological polar surface area (TPSA) is 382 Å². The number of carbonyl (C=O) groups excluding carboxylic acids is 4. The zero-order valence-electron chi connectivity index (χ0n) is 39.6. The lowest BCUT2D eigenvalue weighted by Gasteiger charge is -2.49. The van der Waals surface area contributed by atoms with Gasteiger partial charge in [0.25, 0.3) is 23.6 Å². The molecule has 2 aliphatic carbocycles. The van der Waals surface area contributed by atoms with Gasteiger partial charge < -0.3 is 51.1 Å². The number of rotatable bonds is 14. The Hall–Kier alpha value is -7.03. The fourth-order valence-corrected chi connectivity index (χ4v) is 13.1. The molecule has 10 rings (SSSR count). The monoisotopic (exact) mass is 1130 g/mol. The Kier molecular flexibility index (Phi) is 16.5. The van der Waals surface area contributed by atoms with E-state index in [9.17, 15) is 39.0 Å². The van der Waals surface area contributed by atoms with E-state index in [0.717, 1.165) is 61.2 Å². The Morgan fingerprint density at radius 1 is 0.733 bits per heavy atom. The van der Waals surface area contributed by atoms with Gasteiger partial charge in [-0.05, 0) is 37.8 Å². The number of carboxylic acid groups (broad SMARTS) is 2. The average molecular weight is 1130 g/mol. The number of nitrogen functional groups attached to an aromatic ring is 2. The Morgan fingerprint density at radius 3 is 1.45 bits per heavy atom. The van der Waals surface area contributed by atoms with Crippen molar-refractivity contribution >= 4 is 114 Å². The number of aryl methyl sites for hydroxylation is 2. The average Bonchev–Trinajstić information content (AvgIpc) is 4.22. The lowest BCUT2D eigenvalue weighted by molar-refractivity contribution is -0.696. The Balaban J connectivity index is 0.000000183. The minimum absolute atomic E-state index is 0.00888. The van der Waals surface area contributed by atoms with Crippen LogP contribution in [-0.4, -0.2) is 143 Å². The van der Waals surface area contributed by atoms with Gasteiger partial charge in [0.2, 0.25) is 0 Å². The molecule has 4 amide bonds. The standard InChI is InChI=1S/2C22H22N6O5S2.H2O4S/c2*1-33-26-15(13-10-35-22(23)24-13)18(29)25-16-19(30)28-17(21(31)32)12(9-34-20(16)28)8-27-7-3-5-11-4-2-6-14(11)27;1-5(2,3)4/h2*3,5,7,10,16,20H,2,4,6,8-9H2,1H3,(H3-,23,24,25,29,31,32);(H2,1,2,3,4)/b2*26-15+;/t2*16-,20-;/m11./s1. The lowest BCUT2D eigenvalue weighted by atomic mass is 10.0. The third kappa shape index (κ3) is 11.8. The van der Waals surface area contributed by atoms with E-state index in [1.165, 1.54) is 70.1 Å². The van der Waals surface area contributed by atoms with Crippen molar-refractivity contribution in [3.8, 4) is 0 Å². The maximum Gasteiger partial charge on any atom is 0.352 e. The number of oxime groups is 2. The molecule has 31 heteroatoms. The summed E-state index contributed by atoms with van der Waals surface area (Å²) in [6.07, 6.45) is 10.0. The van der Waals surface area contributed by atoms with Gasteiger partial charge in [-0.1, -0.05) is 10.3 Å². The number of anilines is 2. The first-order valence-corrected chi connectivity index (χ1v) is 27.7. The SMILES string of the molecule is CO/N=C(/C(=O)N[C@@H]1C(=O)N2C(C(=O)O)=C(C[n+]3cccc4c3CCC4)CS[C@H]12)c1csc(N)n1.CO/N=C(/C(=O)N[C@@H]1C(=O)N2C(C(=O)O)=C(C[n+]3cccc4c3CCC4)CS[C@H]12)c1csc(N)n1.O=S(=O)([O-])[O-]. The van der Waals surface area contributed by atoms with Crippen LogP contribution >= 0.6 is 46.2 Å². The number of hydrogen-bond donors (Lipinski definition) is 6. The zero-order chi connectivity index (χ0) is 53.9. The third-order valence-corrected chi connectivity index (χ3v) is 16.4. The Labute approximate surface area is 443 Å². The molecular formula is C44H46N12O14S5. The molecule has 0 unspecified atom stereocenters. The molecule has 8 heterocycles. The van der Waals surface area contributed by atoms with Crippen LogP contribution < -0.4 is 31.2 Å². The molecule has 26 nitrogen and oxygen atoms in total. The van der Waals surface area contributed by atoms with E-state index in [4.69, 9.17) is 38.7 Å². The van der Waals surface area contributed by atoms with E-state index in [-0.39, 0.29) is 44.5 Å². The molecule has 0 spiro atoms. The number of nitrogens with one attached hydrogen (secondary N) is 2. The number of carboxylic acids is 2. The Bertz CT molecular complexity index is 3030. The predicted octanol–water partition coefficient (Wildman–Crippen LogP) is -0.756. The van der Waals surface area contributed by atoms with Crippen molar-refractivity contribution in [2.24, 2.45) is 10.3 Å². The van der Waals surface area contributed by atoms with Gasteiger partial charge in [-0.3, -0.25) is 37.4 Å².